The van der Waals surface area contributed by atoms with Crippen LogP contribution in [0, 0.1) is 0 Å². The van der Waals surface area contributed by atoms with Crippen LogP contribution in [0.15, 0.2) is 42.5 Å². The minimum Gasteiger partial charge on any atom is -0.496 e. The molecular weight excluding hydrogens is 346 g/mol. The van der Waals surface area contributed by atoms with Crippen LogP contribution in [0.25, 0.3) is 0 Å². The van der Waals surface area contributed by atoms with Crippen molar-refractivity contribution in [3.05, 3.63) is 59.2 Å². The lowest BCUT2D eigenvalue weighted by molar-refractivity contribution is 0.303. The first-order valence-corrected chi connectivity index (χ1v) is 10.6. The topological polar surface area (TPSA) is 36.5 Å². The summed E-state index contributed by atoms with van der Waals surface area (Å²) in [5, 5.41) is 7.54. The van der Waals surface area contributed by atoms with Crippen LogP contribution in [0.4, 0.5) is 5.69 Å². The summed E-state index contributed by atoms with van der Waals surface area (Å²) in [6, 6.07) is 16.8. The van der Waals surface area contributed by atoms with E-state index in [1.165, 1.54) is 41.6 Å². The molecule has 4 nitrogen and oxygen atoms in total. The van der Waals surface area contributed by atoms with Gasteiger partial charge < -0.3 is 20.3 Å². The number of rotatable bonds is 5. The normalized spacial score (nSPS) is 24.7. The third kappa shape index (κ3) is 3.89. The summed E-state index contributed by atoms with van der Waals surface area (Å²) >= 11 is 0. The summed E-state index contributed by atoms with van der Waals surface area (Å²) in [6.45, 7) is 4.22. The fourth-order valence-corrected chi connectivity index (χ4v) is 4.67. The second kappa shape index (κ2) is 8.54. The minimum atomic E-state index is 0.362. The molecule has 2 aliphatic rings. The maximum Gasteiger partial charge on any atom is 0.123 e. The maximum absolute atomic E-state index is 5.75. The lowest BCUT2D eigenvalue weighted by atomic mass is 9.91. The molecule has 28 heavy (non-hydrogen) atoms. The zero-order chi connectivity index (χ0) is 19.5. The molecule has 0 bridgehead atoms. The standard InChI is InChI=1S/C24H33N3O/c1-17-11-12-19-15-23(28-3)20(14-22(19)27(17)2)16-26-21-10-7-13-25-24(21)18-8-5-4-6-9-18/h4-6,8-9,14-15,17,21,24-26H,7,10-13,16H2,1-3H3. The molecule has 2 aliphatic heterocycles. The minimum absolute atomic E-state index is 0.362. The lowest BCUT2D eigenvalue weighted by Gasteiger charge is -2.36. The van der Waals surface area contributed by atoms with E-state index in [1.807, 2.05) is 0 Å². The van der Waals surface area contributed by atoms with Crippen LogP contribution in [0.2, 0.25) is 0 Å². The van der Waals surface area contributed by atoms with E-state index in [4.69, 9.17) is 4.74 Å². The largest absolute Gasteiger partial charge is 0.496 e. The number of fused-ring (bicyclic) bond motifs is 1. The van der Waals surface area contributed by atoms with E-state index in [0.717, 1.165) is 25.3 Å². The van der Waals surface area contributed by atoms with Gasteiger partial charge in [0.25, 0.3) is 0 Å². The highest BCUT2D eigenvalue weighted by Crippen LogP contribution is 2.35. The third-order valence-electron chi connectivity index (χ3n) is 6.53. The highest BCUT2D eigenvalue weighted by molar-refractivity contribution is 5.61. The van der Waals surface area contributed by atoms with Crippen molar-refractivity contribution in [2.75, 3.05) is 25.6 Å². The first kappa shape index (κ1) is 19.3. The van der Waals surface area contributed by atoms with Gasteiger partial charge in [-0.15, -0.1) is 0 Å². The van der Waals surface area contributed by atoms with Gasteiger partial charge in [-0.1, -0.05) is 30.3 Å². The quantitative estimate of drug-likeness (QED) is 0.822. The average Bonchev–Trinajstić information content (AvgIpc) is 2.75. The molecule has 4 heteroatoms. The van der Waals surface area contributed by atoms with E-state index >= 15 is 0 Å². The Hall–Kier alpha value is -2.04. The number of ether oxygens (including phenoxy) is 1. The van der Waals surface area contributed by atoms with Crippen molar-refractivity contribution >= 4 is 5.69 Å². The molecular formula is C24H33N3O. The molecule has 4 rings (SSSR count). The monoisotopic (exact) mass is 379 g/mol. The van der Waals surface area contributed by atoms with Gasteiger partial charge in [0.1, 0.15) is 5.75 Å². The number of nitrogens with zero attached hydrogens (tertiary/aromatic N) is 1. The van der Waals surface area contributed by atoms with Gasteiger partial charge >= 0.3 is 0 Å². The Kier molecular flexibility index (Phi) is 5.88. The predicted molar refractivity (Wildman–Crippen MR) is 116 cm³/mol. The Morgan fingerprint density at radius 3 is 2.79 bits per heavy atom. The van der Waals surface area contributed by atoms with Gasteiger partial charge in [0.2, 0.25) is 0 Å². The third-order valence-corrected chi connectivity index (χ3v) is 6.53. The van der Waals surface area contributed by atoms with E-state index in [0.29, 0.717) is 18.1 Å². The fraction of sp³-hybridized carbons (Fsp3) is 0.500. The van der Waals surface area contributed by atoms with E-state index in [2.05, 4.69) is 72.0 Å². The molecule has 2 N–H and O–H groups in total. The zero-order valence-electron chi connectivity index (χ0n) is 17.4. The molecule has 2 aromatic rings. The maximum atomic E-state index is 5.75. The highest BCUT2D eigenvalue weighted by Gasteiger charge is 2.27. The number of piperidine rings is 1. The Morgan fingerprint density at radius 1 is 1.18 bits per heavy atom. The van der Waals surface area contributed by atoms with Crippen LogP contribution in [0.5, 0.6) is 5.75 Å². The van der Waals surface area contributed by atoms with Crippen LogP contribution in [0.3, 0.4) is 0 Å². The smallest absolute Gasteiger partial charge is 0.123 e. The van der Waals surface area contributed by atoms with Crippen molar-refractivity contribution in [1.82, 2.24) is 10.6 Å². The summed E-state index contributed by atoms with van der Waals surface area (Å²) in [4.78, 5) is 2.41. The number of aryl methyl sites for hydroxylation is 1. The average molecular weight is 380 g/mol. The molecule has 3 atom stereocenters. The Labute approximate surface area is 169 Å². The van der Waals surface area contributed by atoms with Gasteiger partial charge in [0.05, 0.1) is 7.11 Å². The summed E-state index contributed by atoms with van der Waals surface area (Å²) in [5.74, 6) is 1.01. The molecule has 0 aliphatic carbocycles. The molecule has 2 aromatic carbocycles. The Morgan fingerprint density at radius 2 is 2.00 bits per heavy atom. The number of hydrogen-bond acceptors (Lipinski definition) is 4. The van der Waals surface area contributed by atoms with Crippen molar-refractivity contribution in [3.63, 3.8) is 0 Å². The molecule has 0 aromatic heterocycles. The lowest BCUT2D eigenvalue weighted by Crippen LogP contribution is -2.45. The summed E-state index contributed by atoms with van der Waals surface area (Å²) in [7, 11) is 4.00. The summed E-state index contributed by atoms with van der Waals surface area (Å²) in [5.41, 5.74) is 5.38. The van der Waals surface area contributed by atoms with Crippen LogP contribution < -0.4 is 20.3 Å². The van der Waals surface area contributed by atoms with Crippen molar-refractivity contribution in [2.24, 2.45) is 0 Å². The van der Waals surface area contributed by atoms with Crippen molar-refractivity contribution in [2.45, 2.75) is 57.3 Å². The van der Waals surface area contributed by atoms with Crippen LogP contribution in [0.1, 0.15) is 48.9 Å². The van der Waals surface area contributed by atoms with Gasteiger partial charge in [-0.25, -0.2) is 0 Å². The molecule has 1 fully saturated rings. The SMILES string of the molecule is COc1cc2c(cc1CNC1CCCNC1c1ccccc1)N(C)C(C)CC2. The molecule has 0 radical (unpaired) electrons. The van der Waals surface area contributed by atoms with E-state index in [9.17, 15) is 0 Å². The number of hydrogen-bond donors (Lipinski definition) is 2. The van der Waals surface area contributed by atoms with Crippen molar-refractivity contribution < 1.29 is 4.74 Å². The molecule has 0 amide bonds. The van der Waals surface area contributed by atoms with Crippen LogP contribution >= 0.6 is 0 Å². The summed E-state index contributed by atoms with van der Waals surface area (Å²) < 4.78 is 5.75. The second-order valence-corrected chi connectivity index (χ2v) is 8.26. The molecule has 1 saturated heterocycles. The molecule has 150 valence electrons. The highest BCUT2D eigenvalue weighted by atomic mass is 16.5. The Bertz CT molecular complexity index is 792. The molecule has 0 saturated carbocycles. The van der Waals surface area contributed by atoms with Gasteiger partial charge in [-0.05, 0) is 62.4 Å². The summed E-state index contributed by atoms with van der Waals surface area (Å²) in [6.07, 6.45) is 4.74. The number of anilines is 1. The number of methoxy groups -OCH3 is 1. The van der Waals surface area contributed by atoms with Crippen molar-refractivity contribution in [3.8, 4) is 5.75 Å². The first-order valence-electron chi connectivity index (χ1n) is 10.6. The van der Waals surface area contributed by atoms with Gasteiger partial charge in [-0.2, -0.15) is 0 Å². The van der Waals surface area contributed by atoms with E-state index < -0.39 is 0 Å². The van der Waals surface area contributed by atoms with Gasteiger partial charge in [0, 0.05) is 43.0 Å². The van der Waals surface area contributed by atoms with Crippen LogP contribution in [-0.4, -0.2) is 32.8 Å². The van der Waals surface area contributed by atoms with Gasteiger partial charge in [0.15, 0.2) is 0 Å². The number of benzene rings is 2. The Balaban J connectivity index is 1.53. The van der Waals surface area contributed by atoms with E-state index in [-0.39, 0.29) is 0 Å². The number of nitrogens with one attached hydrogen (secondary N) is 2. The first-order chi connectivity index (χ1) is 13.7. The predicted octanol–water partition coefficient (Wildman–Crippen LogP) is 4.05. The van der Waals surface area contributed by atoms with Gasteiger partial charge in [-0.3, -0.25) is 0 Å². The van der Waals surface area contributed by atoms with Crippen LogP contribution in [-0.2, 0) is 13.0 Å². The molecule has 2 heterocycles. The fourth-order valence-electron chi connectivity index (χ4n) is 4.67. The zero-order valence-corrected chi connectivity index (χ0v) is 17.4. The second-order valence-electron chi connectivity index (χ2n) is 8.26. The molecule has 0 spiro atoms. The van der Waals surface area contributed by atoms with Crippen molar-refractivity contribution in [1.29, 1.82) is 0 Å². The van der Waals surface area contributed by atoms with E-state index in [1.54, 1.807) is 7.11 Å². The molecule has 3 unspecified atom stereocenters.